The van der Waals surface area contributed by atoms with Gasteiger partial charge in [0.05, 0.1) is 17.0 Å². The molecule has 0 unspecified atom stereocenters. The maximum Gasteiger partial charge on any atom is 0.154 e. The summed E-state index contributed by atoms with van der Waals surface area (Å²) in [6, 6.07) is 0. The largest absolute Gasteiger partial charge is 0.301 e. The zero-order chi connectivity index (χ0) is 10.4. The van der Waals surface area contributed by atoms with Gasteiger partial charge < -0.3 is 4.90 Å². The monoisotopic (exact) mass is 212 g/mol. The molecule has 2 rings (SSSR count). The Morgan fingerprint density at radius 1 is 1.21 bits per heavy atom. The highest BCUT2D eigenvalue weighted by Crippen LogP contribution is 2.43. The van der Waals surface area contributed by atoms with Crippen LogP contribution >= 0.6 is 0 Å². The molecule has 0 aromatic carbocycles. The lowest BCUT2D eigenvalue weighted by Gasteiger charge is -2.50. The summed E-state index contributed by atoms with van der Waals surface area (Å²) in [7, 11) is 1.06. The van der Waals surface area contributed by atoms with Crippen molar-refractivity contribution >= 4 is 9.84 Å². The molecule has 14 heavy (non-hydrogen) atoms. The SMILES string of the molecule is CN(C)C1([C]2[CH][CH][CH][CH]2)CS(=O)(=O)C1. The summed E-state index contributed by atoms with van der Waals surface area (Å²) in [5.74, 6) is 1.60. The summed E-state index contributed by atoms with van der Waals surface area (Å²) in [6.45, 7) is 0. The Hall–Kier alpha value is -0.0900. The Labute approximate surface area is 86.4 Å². The van der Waals surface area contributed by atoms with Gasteiger partial charge >= 0.3 is 0 Å². The second-order valence-corrected chi connectivity index (χ2v) is 6.20. The fourth-order valence-corrected chi connectivity index (χ4v) is 4.27. The molecule has 0 amide bonds. The van der Waals surface area contributed by atoms with Gasteiger partial charge in [0.1, 0.15) is 0 Å². The predicted octanol–water partition coefficient (Wildman–Crippen LogP) is 0.120. The summed E-state index contributed by atoms with van der Waals surface area (Å²) in [4.78, 5) is 2.00. The zero-order valence-corrected chi connectivity index (χ0v) is 9.21. The van der Waals surface area contributed by atoms with Crippen LogP contribution in [0.1, 0.15) is 0 Å². The van der Waals surface area contributed by atoms with Crippen LogP contribution in [0, 0.1) is 31.6 Å². The van der Waals surface area contributed by atoms with Gasteiger partial charge in [0.25, 0.3) is 0 Å². The van der Waals surface area contributed by atoms with E-state index in [9.17, 15) is 8.42 Å². The van der Waals surface area contributed by atoms with Crippen molar-refractivity contribution in [1.29, 1.82) is 0 Å². The molecule has 2 fully saturated rings. The van der Waals surface area contributed by atoms with Crippen molar-refractivity contribution in [1.82, 2.24) is 4.90 Å². The van der Waals surface area contributed by atoms with E-state index in [1.807, 2.05) is 44.7 Å². The van der Waals surface area contributed by atoms with Gasteiger partial charge in [-0.15, -0.1) is 0 Å². The third-order valence-corrected chi connectivity index (χ3v) is 4.81. The Bertz CT molecular complexity index is 303. The van der Waals surface area contributed by atoms with Crippen molar-refractivity contribution in [3.05, 3.63) is 31.6 Å². The predicted molar refractivity (Wildman–Crippen MR) is 55.5 cm³/mol. The number of rotatable bonds is 2. The summed E-state index contributed by atoms with van der Waals surface area (Å²) < 4.78 is 22.6. The Morgan fingerprint density at radius 3 is 2.07 bits per heavy atom. The van der Waals surface area contributed by atoms with E-state index in [1.165, 1.54) is 0 Å². The lowest BCUT2D eigenvalue weighted by atomic mass is 9.84. The van der Waals surface area contributed by atoms with Crippen LogP contribution in [0.25, 0.3) is 0 Å². The van der Waals surface area contributed by atoms with Crippen LogP contribution < -0.4 is 0 Å². The van der Waals surface area contributed by atoms with Gasteiger partial charge in [-0.2, -0.15) is 0 Å². The fraction of sp³-hybridized carbons (Fsp3) is 0.500. The van der Waals surface area contributed by atoms with E-state index in [0.717, 1.165) is 5.92 Å². The fourth-order valence-electron chi connectivity index (χ4n) is 2.05. The van der Waals surface area contributed by atoms with E-state index >= 15 is 0 Å². The van der Waals surface area contributed by atoms with Gasteiger partial charge in [-0.1, -0.05) is 0 Å². The second kappa shape index (κ2) is 3.20. The lowest BCUT2D eigenvalue weighted by molar-refractivity contribution is 0.206. The van der Waals surface area contributed by atoms with Crippen molar-refractivity contribution < 1.29 is 8.42 Å². The van der Waals surface area contributed by atoms with Gasteiger partial charge in [0, 0.05) is 5.92 Å². The zero-order valence-electron chi connectivity index (χ0n) is 8.40. The van der Waals surface area contributed by atoms with Crippen LogP contribution in [0.4, 0.5) is 0 Å². The van der Waals surface area contributed by atoms with Gasteiger partial charge in [-0.05, 0) is 39.8 Å². The minimum absolute atomic E-state index is 0.247. The molecule has 0 spiro atoms. The quantitative estimate of drug-likeness (QED) is 0.652. The molecule has 0 aromatic heterocycles. The highest BCUT2D eigenvalue weighted by atomic mass is 32.2. The Balaban J connectivity index is 2.17. The Kier molecular flexibility index (Phi) is 2.39. The first kappa shape index (κ1) is 10.4. The first-order valence-corrected chi connectivity index (χ1v) is 6.38. The van der Waals surface area contributed by atoms with Gasteiger partial charge in [-0.25, -0.2) is 8.42 Å². The van der Waals surface area contributed by atoms with Crippen molar-refractivity contribution in [2.45, 2.75) is 5.54 Å². The van der Waals surface area contributed by atoms with Gasteiger partial charge in [0.2, 0.25) is 0 Å². The number of hydrogen-bond donors (Lipinski definition) is 0. The summed E-state index contributed by atoms with van der Waals surface area (Å²) in [5, 5.41) is 0. The highest BCUT2D eigenvalue weighted by Gasteiger charge is 2.55. The molecule has 0 aromatic rings. The molecular weight excluding hydrogens is 198 g/mol. The van der Waals surface area contributed by atoms with E-state index in [4.69, 9.17) is 0 Å². The topological polar surface area (TPSA) is 37.4 Å². The lowest BCUT2D eigenvalue weighted by Crippen LogP contribution is -2.66. The molecule has 5 radical (unpaired) electrons. The molecule has 77 valence electrons. The molecule has 0 N–H and O–H groups in total. The maximum atomic E-state index is 11.3. The molecule has 1 aliphatic carbocycles. The van der Waals surface area contributed by atoms with Crippen LogP contribution in [0.3, 0.4) is 0 Å². The smallest absolute Gasteiger partial charge is 0.154 e. The van der Waals surface area contributed by atoms with Gasteiger partial charge in [-0.3, -0.25) is 0 Å². The molecular formula is C10H14NO2S. The first-order valence-electron chi connectivity index (χ1n) is 4.56. The van der Waals surface area contributed by atoms with Crippen molar-refractivity contribution in [3.63, 3.8) is 0 Å². The van der Waals surface area contributed by atoms with E-state index < -0.39 is 9.84 Å². The van der Waals surface area contributed by atoms with Crippen LogP contribution in [0.15, 0.2) is 0 Å². The second-order valence-electron chi connectivity index (χ2n) is 4.13. The number of nitrogens with zero attached hydrogens (tertiary/aromatic N) is 1. The molecule has 1 saturated heterocycles. The van der Waals surface area contributed by atoms with Crippen molar-refractivity contribution in [2.75, 3.05) is 25.6 Å². The minimum atomic E-state index is -2.80. The molecule has 0 atom stereocenters. The van der Waals surface area contributed by atoms with Crippen LogP contribution in [-0.2, 0) is 9.84 Å². The minimum Gasteiger partial charge on any atom is -0.301 e. The van der Waals surface area contributed by atoms with Crippen LogP contribution in [0.2, 0.25) is 0 Å². The standard InChI is InChI=1S/C10H14NO2S/c1-11(2)10(7-14(12,13)8-10)9-5-3-4-6-9/h3-6H,7-8H2,1-2H3. The van der Waals surface area contributed by atoms with Crippen molar-refractivity contribution in [2.24, 2.45) is 0 Å². The molecule has 1 aliphatic heterocycles. The molecule has 1 heterocycles. The summed E-state index contributed by atoms with van der Waals surface area (Å²) >= 11 is 0. The first-order chi connectivity index (χ1) is 6.46. The molecule has 3 nitrogen and oxygen atoms in total. The average Bonchev–Trinajstić information content (AvgIpc) is 2.50. The van der Waals surface area contributed by atoms with Crippen LogP contribution in [-0.4, -0.2) is 44.5 Å². The third-order valence-electron chi connectivity index (χ3n) is 2.97. The Morgan fingerprint density at radius 2 is 1.71 bits per heavy atom. The van der Waals surface area contributed by atoms with E-state index in [0.29, 0.717) is 0 Å². The normalized spacial score (nSPS) is 30.5. The summed E-state index contributed by atoms with van der Waals surface area (Å²) in [5.41, 5.74) is -0.275. The maximum absolute atomic E-state index is 11.3. The summed E-state index contributed by atoms with van der Waals surface area (Å²) in [6.07, 6.45) is 7.89. The number of sulfone groups is 1. The van der Waals surface area contributed by atoms with E-state index in [2.05, 4.69) is 0 Å². The molecule has 2 aliphatic rings. The van der Waals surface area contributed by atoms with Crippen molar-refractivity contribution in [3.8, 4) is 0 Å². The van der Waals surface area contributed by atoms with Crippen LogP contribution in [0.5, 0.6) is 0 Å². The molecule has 1 saturated carbocycles. The third kappa shape index (κ3) is 1.48. The highest BCUT2D eigenvalue weighted by molar-refractivity contribution is 7.93. The van der Waals surface area contributed by atoms with E-state index in [-0.39, 0.29) is 17.0 Å². The van der Waals surface area contributed by atoms with E-state index in [1.54, 1.807) is 0 Å². The average molecular weight is 212 g/mol. The number of hydrogen-bond acceptors (Lipinski definition) is 3. The van der Waals surface area contributed by atoms with Gasteiger partial charge in [0.15, 0.2) is 9.84 Å². The molecule has 4 heteroatoms. The molecule has 0 bridgehead atoms.